The predicted octanol–water partition coefficient (Wildman–Crippen LogP) is 1.66. The number of hydrogen-bond acceptors (Lipinski definition) is 4. The van der Waals surface area contributed by atoms with Crippen molar-refractivity contribution in [3.8, 4) is 0 Å². The van der Waals surface area contributed by atoms with Gasteiger partial charge in [0.05, 0.1) is 6.04 Å². The number of likely N-dealkylation sites (tertiary alicyclic amines) is 1. The molecule has 0 aromatic carbocycles. The zero-order valence-corrected chi connectivity index (χ0v) is 10.6. The molecule has 2 rings (SSSR count). The number of nitrogens with two attached hydrogens (primary N) is 1. The maximum Gasteiger partial charge on any atom is 0.125 e. The van der Waals surface area contributed by atoms with Crippen LogP contribution in [0, 0.1) is 6.92 Å². The number of aryl methyl sites for hydroxylation is 1. The lowest BCUT2D eigenvalue weighted by Crippen LogP contribution is -2.34. The Kier molecular flexibility index (Phi) is 4.45. The Hall–Kier alpha value is -1.00. The molecule has 1 aliphatic rings. The summed E-state index contributed by atoms with van der Waals surface area (Å²) in [7, 11) is 0. The van der Waals surface area contributed by atoms with E-state index in [-0.39, 0.29) is 6.04 Å². The first kappa shape index (κ1) is 12.5. The first-order valence-electron chi connectivity index (χ1n) is 6.54. The van der Waals surface area contributed by atoms with Gasteiger partial charge in [0.15, 0.2) is 0 Å². The van der Waals surface area contributed by atoms with E-state index in [0.29, 0.717) is 6.54 Å². The Labute approximate surface area is 103 Å². The van der Waals surface area contributed by atoms with Gasteiger partial charge < -0.3 is 5.73 Å². The molecule has 1 aromatic rings. The minimum absolute atomic E-state index is 0.286. The summed E-state index contributed by atoms with van der Waals surface area (Å²) in [5, 5.41) is 0. The molecule has 0 radical (unpaired) electrons. The molecular weight excluding hydrogens is 212 g/mol. The topological polar surface area (TPSA) is 55.0 Å². The maximum atomic E-state index is 5.93. The van der Waals surface area contributed by atoms with Crippen molar-refractivity contribution in [1.29, 1.82) is 0 Å². The van der Waals surface area contributed by atoms with Crippen molar-refractivity contribution in [1.82, 2.24) is 14.9 Å². The third-order valence-electron chi connectivity index (χ3n) is 3.49. The number of aromatic nitrogens is 2. The van der Waals surface area contributed by atoms with Crippen molar-refractivity contribution < 1.29 is 0 Å². The van der Waals surface area contributed by atoms with E-state index < -0.39 is 0 Å². The second kappa shape index (κ2) is 6.07. The minimum Gasteiger partial charge on any atom is -0.329 e. The molecule has 2 N–H and O–H groups in total. The lowest BCUT2D eigenvalue weighted by molar-refractivity contribution is 0.209. The van der Waals surface area contributed by atoms with Gasteiger partial charge in [-0.1, -0.05) is 12.8 Å². The molecule has 1 atom stereocenters. The zero-order chi connectivity index (χ0) is 12.1. The van der Waals surface area contributed by atoms with Gasteiger partial charge >= 0.3 is 0 Å². The minimum atomic E-state index is 0.286. The highest BCUT2D eigenvalue weighted by molar-refractivity contribution is 5.11. The third kappa shape index (κ3) is 3.23. The number of hydrogen-bond donors (Lipinski definition) is 1. The van der Waals surface area contributed by atoms with E-state index in [1.54, 1.807) is 0 Å². The van der Waals surface area contributed by atoms with Crippen molar-refractivity contribution >= 4 is 0 Å². The van der Waals surface area contributed by atoms with Gasteiger partial charge in [0.25, 0.3) is 0 Å². The molecule has 4 nitrogen and oxygen atoms in total. The van der Waals surface area contributed by atoms with E-state index in [9.17, 15) is 0 Å². The van der Waals surface area contributed by atoms with Crippen LogP contribution in [-0.2, 0) is 0 Å². The molecule has 94 valence electrons. The monoisotopic (exact) mass is 234 g/mol. The first-order chi connectivity index (χ1) is 8.31. The van der Waals surface area contributed by atoms with Crippen molar-refractivity contribution in [2.24, 2.45) is 5.73 Å². The van der Waals surface area contributed by atoms with Gasteiger partial charge in [-0.2, -0.15) is 0 Å². The number of nitrogens with zero attached hydrogens (tertiary/aromatic N) is 3. The lowest BCUT2D eigenvalue weighted by Gasteiger charge is -2.29. The highest BCUT2D eigenvalue weighted by Gasteiger charge is 2.20. The van der Waals surface area contributed by atoms with Crippen LogP contribution in [0.5, 0.6) is 0 Å². The molecule has 0 unspecified atom stereocenters. The molecule has 1 aliphatic heterocycles. The Morgan fingerprint density at radius 1 is 1.18 bits per heavy atom. The fourth-order valence-electron chi connectivity index (χ4n) is 2.48. The molecule has 1 aromatic heterocycles. The SMILES string of the molecule is Cc1ncc([C@H](CN)N2CCCCCC2)cn1. The standard InChI is InChI=1S/C13H22N4/c1-11-15-9-12(10-16-11)13(8-14)17-6-4-2-3-5-7-17/h9-10,13H,2-8,14H2,1H3/t13-/m0/s1. The normalized spacial score (nSPS) is 19.9. The second-order valence-electron chi connectivity index (χ2n) is 4.77. The molecule has 0 saturated carbocycles. The van der Waals surface area contributed by atoms with Crippen LogP contribution in [0.1, 0.15) is 43.1 Å². The zero-order valence-electron chi connectivity index (χ0n) is 10.6. The highest BCUT2D eigenvalue weighted by Crippen LogP contribution is 2.22. The van der Waals surface area contributed by atoms with Gasteiger partial charge in [0.1, 0.15) is 5.82 Å². The van der Waals surface area contributed by atoms with E-state index >= 15 is 0 Å². The molecule has 0 bridgehead atoms. The molecule has 4 heteroatoms. The largest absolute Gasteiger partial charge is 0.329 e. The van der Waals surface area contributed by atoms with Crippen LogP contribution in [-0.4, -0.2) is 34.5 Å². The van der Waals surface area contributed by atoms with Crippen molar-refractivity contribution in [2.75, 3.05) is 19.6 Å². The second-order valence-corrected chi connectivity index (χ2v) is 4.77. The predicted molar refractivity (Wildman–Crippen MR) is 68.6 cm³/mol. The molecule has 1 fully saturated rings. The van der Waals surface area contributed by atoms with Crippen LogP contribution in [0.2, 0.25) is 0 Å². The quantitative estimate of drug-likeness (QED) is 0.864. The summed E-state index contributed by atoms with van der Waals surface area (Å²) in [6, 6.07) is 0.286. The van der Waals surface area contributed by atoms with Crippen molar-refractivity contribution in [3.05, 3.63) is 23.8 Å². The van der Waals surface area contributed by atoms with Crippen LogP contribution in [0.3, 0.4) is 0 Å². The Balaban J connectivity index is 2.11. The summed E-state index contributed by atoms with van der Waals surface area (Å²) in [6.45, 7) is 4.85. The van der Waals surface area contributed by atoms with Crippen LogP contribution >= 0.6 is 0 Å². The lowest BCUT2D eigenvalue weighted by atomic mass is 10.1. The third-order valence-corrected chi connectivity index (χ3v) is 3.49. The molecule has 17 heavy (non-hydrogen) atoms. The summed E-state index contributed by atoms with van der Waals surface area (Å²) >= 11 is 0. The number of rotatable bonds is 3. The maximum absolute atomic E-state index is 5.93. The smallest absolute Gasteiger partial charge is 0.125 e. The first-order valence-corrected chi connectivity index (χ1v) is 6.54. The van der Waals surface area contributed by atoms with Gasteiger partial charge in [-0.15, -0.1) is 0 Å². The van der Waals surface area contributed by atoms with Gasteiger partial charge in [-0.05, 0) is 32.9 Å². The molecule has 0 amide bonds. The summed E-state index contributed by atoms with van der Waals surface area (Å²) in [4.78, 5) is 11.0. The fourth-order valence-corrected chi connectivity index (χ4v) is 2.48. The van der Waals surface area contributed by atoms with E-state index in [2.05, 4.69) is 14.9 Å². The molecular formula is C13H22N4. The molecule has 0 spiro atoms. The molecule has 1 saturated heterocycles. The van der Waals surface area contributed by atoms with Gasteiger partial charge in [-0.3, -0.25) is 4.90 Å². The van der Waals surface area contributed by atoms with Gasteiger partial charge in [-0.25, -0.2) is 9.97 Å². The average molecular weight is 234 g/mol. The van der Waals surface area contributed by atoms with E-state index in [1.807, 2.05) is 19.3 Å². The van der Waals surface area contributed by atoms with Crippen LogP contribution in [0.25, 0.3) is 0 Å². The van der Waals surface area contributed by atoms with E-state index in [0.717, 1.165) is 24.5 Å². The summed E-state index contributed by atoms with van der Waals surface area (Å²) in [6.07, 6.45) is 9.10. The van der Waals surface area contributed by atoms with E-state index in [4.69, 9.17) is 5.73 Å². The summed E-state index contributed by atoms with van der Waals surface area (Å²) in [5.74, 6) is 0.820. The van der Waals surface area contributed by atoms with Gasteiger partial charge in [0, 0.05) is 24.5 Å². The summed E-state index contributed by atoms with van der Waals surface area (Å²) < 4.78 is 0. The average Bonchev–Trinajstić information content (AvgIpc) is 2.62. The van der Waals surface area contributed by atoms with Crippen LogP contribution in [0.15, 0.2) is 12.4 Å². The fraction of sp³-hybridized carbons (Fsp3) is 0.692. The van der Waals surface area contributed by atoms with Crippen molar-refractivity contribution in [3.63, 3.8) is 0 Å². The van der Waals surface area contributed by atoms with Crippen LogP contribution < -0.4 is 5.73 Å². The molecule has 0 aliphatic carbocycles. The van der Waals surface area contributed by atoms with E-state index in [1.165, 1.54) is 25.7 Å². The van der Waals surface area contributed by atoms with Gasteiger partial charge in [0.2, 0.25) is 0 Å². The molecule has 2 heterocycles. The summed E-state index contributed by atoms with van der Waals surface area (Å²) in [5.41, 5.74) is 7.08. The van der Waals surface area contributed by atoms with Crippen LogP contribution in [0.4, 0.5) is 0 Å². The Bertz CT molecular complexity index is 328. The Morgan fingerprint density at radius 3 is 2.29 bits per heavy atom. The van der Waals surface area contributed by atoms with Crippen molar-refractivity contribution in [2.45, 2.75) is 38.6 Å². The Morgan fingerprint density at radius 2 is 1.76 bits per heavy atom. The highest BCUT2D eigenvalue weighted by atomic mass is 15.2.